The van der Waals surface area contributed by atoms with Gasteiger partial charge in [-0.15, -0.1) is 11.1 Å². The summed E-state index contributed by atoms with van der Waals surface area (Å²) in [5, 5.41) is 0. The van der Waals surface area contributed by atoms with E-state index in [0.29, 0.717) is 0 Å². The molecule has 0 saturated heterocycles. The zero-order valence-corrected chi connectivity index (χ0v) is 15.2. The molecule has 0 aliphatic heterocycles. The molecule has 3 aromatic carbocycles. The van der Waals surface area contributed by atoms with Crippen LogP contribution in [0.15, 0.2) is 60.7 Å². The molecule has 0 fully saturated rings. The Hall–Kier alpha value is -1.94. The monoisotopic (exact) mass is 307 g/mol. The number of aryl methyl sites for hydroxylation is 2. The first kappa shape index (κ1) is 18.4. The Balaban J connectivity index is 0.00000208. The average Bonchev–Trinajstić information content (AvgIpc) is 2.58. The second-order valence-electron chi connectivity index (χ2n) is 5.98. The van der Waals surface area contributed by atoms with Crippen LogP contribution >= 0.6 is 0 Å². The first-order chi connectivity index (χ1) is 11.1. The summed E-state index contributed by atoms with van der Waals surface area (Å²) in [7, 11) is 0. The predicted molar refractivity (Wildman–Crippen MR) is 98.9 cm³/mol. The molecule has 0 aliphatic rings. The van der Waals surface area contributed by atoms with Gasteiger partial charge in [-0.2, -0.15) is 17.2 Å². The van der Waals surface area contributed by atoms with Gasteiger partial charge in [-0.25, -0.2) is 0 Å². The molecule has 0 heterocycles. The van der Waals surface area contributed by atoms with Crippen molar-refractivity contribution < 1.29 is 18.9 Å². The van der Waals surface area contributed by atoms with Crippen molar-refractivity contribution in [3.63, 3.8) is 0 Å². The number of rotatable bonds is 3. The van der Waals surface area contributed by atoms with Gasteiger partial charge in [0, 0.05) is 11.4 Å². The van der Waals surface area contributed by atoms with E-state index in [-0.39, 0.29) is 18.9 Å². The van der Waals surface area contributed by atoms with Gasteiger partial charge in [-0.1, -0.05) is 69.8 Å². The molecule has 3 aromatic rings. The van der Waals surface area contributed by atoms with Crippen LogP contribution in [0, 0.1) is 33.8 Å². The third-order valence-electron chi connectivity index (χ3n) is 4.46. The van der Waals surface area contributed by atoms with Gasteiger partial charge >= 0.3 is 18.9 Å². The number of hydrogen-bond acceptors (Lipinski definition) is 1. The summed E-state index contributed by atoms with van der Waals surface area (Å²) >= 11 is 0. The first-order valence-electron chi connectivity index (χ1n) is 7.99. The predicted octanol–water partition coefficient (Wildman–Crippen LogP) is 3.19. The Morgan fingerprint density at radius 3 is 1.38 bits per heavy atom. The number of para-hydroxylation sites is 2. The van der Waals surface area contributed by atoms with Crippen molar-refractivity contribution in [1.29, 1.82) is 0 Å². The third kappa shape index (κ3) is 3.43. The van der Waals surface area contributed by atoms with Gasteiger partial charge in [0.1, 0.15) is 0 Å². The molecule has 0 N–H and O–H groups in total. The molecule has 1 nitrogen and oxygen atoms in total. The molecular weight excluding hydrogens is 285 g/mol. The van der Waals surface area contributed by atoms with Crippen molar-refractivity contribution in [3.05, 3.63) is 89.0 Å². The molecule has 0 bridgehead atoms. The summed E-state index contributed by atoms with van der Waals surface area (Å²) in [6.07, 6.45) is 0. The van der Waals surface area contributed by atoms with Crippen LogP contribution in [-0.4, -0.2) is 0 Å². The van der Waals surface area contributed by atoms with Gasteiger partial charge in [-0.3, -0.25) is 0 Å². The quantitative estimate of drug-likeness (QED) is 0.530. The molecular formula is C22H22LiN. The van der Waals surface area contributed by atoms with Gasteiger partial charge in [-0.05, 0) is 24.3 Å². The van der Waals surface area contributed by atoms with Gasteiger partial charge in [0.15, 0.2) is 0 Å². The van der Waals surface area contributed by atoms with Crippen LogP contribution in [0.4, 0.5) is 17.1 Å². The number of benzene rings is 3. The maximum Gasteiger partial charge on any atom is 1.00 e. The maximum absolute atomic E-state index is 3.48. The average molecular weight is 307 g/mol. The van der Waals surface area contributed by atoms with Crippen molar-refractivity contribution in [2.45, 2.75) is 27.7 Å². The van der Waals surface area contributed by atoms with Crippen LogP contribution in [0.25, 0.3) is 0 Å². The zero-order chi connectivity index (χ0) is 16.4. The normalized spacial score (nSPS) is 10.2. The Labute approximate surface area is 157 Å². The van der Waals surface area contributed by atoms with Crippen LogP contribution in [0.1, 0.15) is 22.3 Å². The summed E-state index contributed by atoms with van der Waals surface area (Å²) in [5.41, 5.74) is 8.59. The smallest absolute Gasteiger partial charge is 0.333 e. The molecule has 24 heavy (non-hydrogen) atoms. The van der Waals surface area contributed by atoms with E-state index in [1.807, 2.05) is 0 Å². The van der Waals surface area contributed by atoms with Crippen molar-refractivity contribution in [3.8, 4) is 0 Å². The molecule has 3 rings (SSSR count). The van der Waals surface area contributed by atoms with Gasteiger partial charge in [0.25, 0.3) is 0 Å². The SMILES string of the molecule is Cc1[c-]c(C)c(C)c(N(c2ccccc2)c2ccccc2)c1C.[Li+]. The summed E-state index contributed by atoms with van der Waals surface area (Å²) < 4.78 is 0. The molecule has 0 unspecified atom stereocenters. The van der Waals surface area contributed by atoms with Crippen LogP contribution in [-0.2, 0) is 0 Å². The Kier molecular flexibility index (Phi) is 5.94. The minimum atomic E-state index is 0. The molecule has 0 aromatic heterocycles. The molecule has 0 spiro atoms. The van der Waals surface area contributed by atoms with E-state index in [0.717, 1.165) is 0 Å². The number of nitrogens with zero attached hydrogens (tertiary/aromatic N) is 1. The van der Waals surface area contributed by atoms with E-state index in [1.54, 1.807) is 0 Å². The van der Waals surface area contributed by atoms with Crippen molar-refractivity contribution in [2.75, 3.05) is 4.90 Å². The Morgan fingerprint density at radius 2 is 1.00 bits per heavy atom. The van der Waals surface area contributed by atoms with Gasteiger partial charge < -0.3 is 4.90 Å². The maximum atomic E-state index is 3.48. The second kappa shape index (κ2) is 7.75. The first-order valence-corrected chi connectivity index (χ1v) is 7.99. The van der Waals surface area contributed by atoms with E-state index < -0.39 is 0 Å². The fourth-order valence-electron chi connectivity index (χ4n) is 3.00. The minimum absolute atomic E-state index is 0. The summed E-state index contributed by atoms with van der Waals surface area (Å²) in [6.45, 7) is 8.65. The fraction of sp³-hybridized carbons (Fsp3) is 0.182. The standard InChI is InChI=1S/C22H22N.Li/c1-16-15-17(2)19(4)22(18(16)3)23(20-11-7-5-8-12-20)21-13-9-6-10-14-21;/h5-14H,1-4H3;/q-1;+1. The van der Waals surface area contributed by atoms with Crippen molar-refractivity contribution in [1.82, 2.24) is 0 Å². The molecule has 116 valence electrons. The third-order valence-corrected chi connectivity index (χ3v) is 4.46. The second-order valence-corrected chi connectivity index (χ2v) is 5.98. The van der Waals surface area contributed by atoms with E-state index in [9.17, 15) is 0 Å². The number of hydrogen-bond donors (Lipinski definition) is 0. The molecule has 0 amide bonds. The summed E-state index contributed by atoms with van der Waals surface area (Å²) in [4.78, 5) is 2.35. The van der Waals surface area contributed by atoms with Crippen LogP contribution < -0.4 is 23.8 Å². The molecule has 2 heteroatoms. The molecule has 0 atom stereocenters. The van der Waals surface area contributed by atoms with E-state index in [2.05, 4.69) is 99.3 Å². The topological polar surface area (TPSA) is 3.24 Å². The van der Waals surface area contributed by atoms with Crippen LogP contribution in [0.3, 0.4) is 0 Å². The zero-order valence-electron chi connectivity index (χ0n) is 15.2. The van der Waals surface area contributed by atoms with E-state index >= 15 is 0 Å². The molecule has 0 saturated carbocycles. The van der Waals surface area contributed by atoms with Crippen LogP contribution in [0.5, 0.6) is 0 Å². The van der Waals surface area contributed by atoms with Crippen molar-refractivity contribution >= 4 is 17.1 Å². The minimum Gasteiger partial charge on any atom is -0.333 e. The van der Waals surface area contributed by atoms with Crippen LogP contribution in [0.2, 0.25) is 0 Å². The fourth-order valence-corrected chi connectivity index (χ4v) is 3.00. The number of anilines is 3. The van der Waals surface area contributed by atoms with Crippen molar-refractivity contribution in [2.24, 2.45) is 0 Å². The van der Waals surface area contributed by atoms with E-state index in [4.69, 9.17) is 0 Å². The summed E-state index contributed by atoms with van der Waals surface area (Å²) in [6, 6.07) is 24.6. The molecule has 0 radical (unpaired) electrons. The summed E-state index contributed by atoms with van der Waals surface area (Å²) in [5.74, 6) is 0. The Bertz CT molecular complexity index is 745. The largest absolute Gasteiger partial charge is 1.00 e. The van der Waals surface area contributed by atoms with Gasteiger partial charge in [0.2, 0.25) is 0 Å². The molecule has 0 aliphatic carbocycles. The van der Waals surface area contributed by atoms with Gasteiger partial charge in [0.05, 0.1) is 0 Å². The van der Waals surface area contributed by atoms with E-state index in [1.165, 1.54) is 39.3 Å². The Morgan fingerprint density at radius 1 is 0.625 bits per heavy atom.